The minimum absolute atomic E-state index is 0.237. The SMILES string of the molecule is Cc1nc(-c2ccc(C(F)(F)F)cc2)sc1C(=O)NC1CCCc2cc(OC(C)(C)C(=O)O)ccc21. The van der Waals surface area contributed by atoms with Crippen LogP contribution in [0.5, 0.6) is 5.75 Å². The van der Waals surface area contributed by atoms with Crippen LogP contribution in [0.2, 0.25) is 0 Å². The van der Waals surface area contributed by atoms with Crippen molar-refractivity contribution < 1.29 is 32.6 Å². The number of fused-ring (bicyclic) bond motifs is 1. The number of aromatic nitrogens is 1. The Labute approximate surface area is 210 Å². The number of aryl methyl sites for hydroxylation is 2. The Bertz CT molecular complexity index is 1300. The molecule has 0 saturated carbocycles. The van der Waals surface area contributed by atoms with Gasteiger partial charge in [0.05, 0.1) is 17.3 Å². The second-order valence-corrected chi connectivity index (χ2v) is 10.2. The molecular formula is C26H25F3N2O4S. The number of carbonyl (C=O) groups excluding carboxylic acids is 1. The van der Waals surface area contributed by atoms with Gasteiger partial charge < -0.3 is 15.2 Å². The number of amides is 1. The number of nitrogens with one attached hydrogen (secondary N) is 1. The first kappa shape index (κ1) is 25.7. The van der Waals surface area contributed by atoms with Crippen LogP contribution in [0.3, 0.4) is 0 Å². The third-order valence-electron chi connectivity index (χ3n) is 6.08. The topological polar surface area (TPSA) is 88.5 Å². The number of hydrogen-bond acceptors (Lipinski definition) is 5. The maximum atomic E-state index is 13.1. The quantitative estimate of drug-likeness (QED) is 0.406. The lowest BCUT2D eigenvalue weighted by Gasteiger charge is -2.28. The number of halogens is 3. The number of hydrogen-bond donors (Lipinski definition) is 2. The normalized spacial score (nSPS) is 15.8. The van der Waals surface area contributed by atoms with Crippen molar-refractivity contribution in [3.05, 3.63) is 69.7 Å². The molecule has 0 spiro atoms. The van der Waals surface area contributed by atoms with Crippen LogP contribution < -0.4 is 10.1 Å². The Kier molecular flexibility index (Phi) is 6.83. The van der Waals surface area contributed by atoms with E-state index in [9.17, 15) is 27.9 Å². The summed E-state index contributed by atoms with van der Waals surface area (Å²) in [5, 5.41) is 12.8. The zero-order valence-corrected chi connectivity index (χ0v) is 20.7. The summed E-state index contributed by atoms with van der Waals surface area (Å²) in [6.07, 6.45) is -2.06. The van der Waals surface area contributed by atoms with Crippen molar-refractivity contribution in [2.45, 2.75) is 57.9 Å². The van der Waals surface area contributed by atoms with E-state index in [-0.39, 0.29) is 11.9 Å². The van der Waals surface area contributed by atoms with Gasteiger partial charge in [-0.2, -0.15) is 13.2 Å². The van der Waals surface area contributed by atoms with E-state index in [4.69, 9.17) is 4.74 Å². The van der Waals surface area contributed by atoms with Gasteiger partial charge in [0.2, 0.25) is 0 Å². The fourth-order valence-electron chi connectivity index (χ4n) is 4.10. The van der Waals surface area contributed by atoms with Gasteiger partial charge in [0.1, 0.15) is 15.6 Å². The highest BCUT2D eigenvalue weighted by atomic mass is 32.1. The molecule has 0 radical (unpaired) electrons. The first-order valence-corrected chi connectivity index (χ1v) is 12.2. The molecule has 1 unspecified atom stereocenters. The van der Waals surface area contributed by atoms with E-state index in [1.165, 1.54) is 26.0 Å². The van der Waals surface area contributed by atoms with Crippen molar-refractivity contribution in [3.63, 3.8) is 0 Å². The summed E-state index contributed by atoms with van der Waals surface area (Å²) in [7, 11) is 0. The first-order chi connectivity index (χ1) is 16.8. The van der Waals surface area contributed by atoms with Gasteiger partial charge in [0.15, 0.2) is 5.60 Å². The van der Waals surface area contributed by atoms with Crippen molar-refractivity contribution >= 4 is 23.2 Å². The second-order valence-electron chi connectivity index (χ2n) is 9.21. The molecule has 1 atom stereocenters. The van der Waals surface area contributed by atoms with Gasteiger partial charge in [-0.3, -0.25) is 4.79 Å². The first-order valence-electron chi connectivity index (χ1n) is 11.4. The lowest BCUT2D eigenvalue weighted by molar-refractivity contribution is -0.152. The molecule has 1 amide bonds. The number of alkyl halides is 3. The van der Waals surface area contributed by atoms with Crippen molar-refractivity contribution in [1.82, 2.24) is 10.3 Å². The largest absolute Gasteiger partial charge is 0.478 e. The molecule has 1 aliphatic carbocycles. The van der Waals surface area contributed by atoms with E-state index in [0.29, 0.717) is 26.9 Å². The Morgan fingerprint density at radius 3 is 2.47 bits per heavy atom. The molecule has 0 saturated heterocycles. The van der Waals surface area contributed by atoms with Crippen molar-refractivity contribution in [3.8, 4) is 16.3 Å². The third kappa shape index (κ3) is 5.38. The number of aliphatic carboxylic acids is 1. The van der Waals surface area contributed by atoms with E-state index in [2.05, 4.69) is 10.3 Å². The van der Waals surface area contributed by atoms with Gasteiger partial charge in [-0.1, -0.05) is 18.2 Å². The Morgan fingerprint density at radius 1 is 1.14 bits per heavy atom. The molecule has 6 nitrogen and oxygen atoms in total. The van der Waals surface area contributed by atoms with Crippen LogP contribution in [0.15, 0.2) is 42.5 Å². The molecule has 3 aromatic rings. The van der Waals surface area contributed by atoms with E-state index < -0.39 is 23.3 Å². The molecule has 190 valence electrons. The number of carboxylic acid groups (broad SMARTS) is 1. The number of benzene rings is 2. The predicted molar refractivity (Wildman–Crippen MR) is 129 cm³/mol. The van der Waals surface area contributed by atoms with Crippen LogP contribution in [-0.4, -0.2) is 27.6 Å². The van der Waals surface area contributed by atoms with Crippen molar-refractivity contribution in [2.24, 2.45) is 0 Å². The van der Waals surface area contributed by atoms with Crippen LogP contribution in [0.1, 0.15) is 64.8 Å². The average Bonchev–Trinajstić information content (AvgIpc) is 3.20. The highest BCUT2D eigenvalue weighted by Gasteiger charge is 2.31. The molecule has 0 bridgehead atoms. The zero-order valence-electron chi connectivity index (χ0n) is 19.9. The van der Waals surface area contributed by atoms with Crippen molar-refractivity contribution in [1.29, 1.82) is 0 Å². The van der Waals surface area contributed by atoms with Gasteiger partial charge in [0, 0.05) is 5.56 Å². The number of ether oxygens (including phenoxy) is 1. The van der Waals surface area contributed by atoms with Gasteiger partial charge >= 0.3 is 12.1 Å². The van der Waals surface area contributed by atoms with Crippen LogP contribution in [0, 0.1) is 6.92 Å². The van der Waals surface area contributed by atoms with E-state index in [0.717, 1.165) is 53.9 Å². The summed E-state index contributed by atoms with van der Waals surface area (Å²) >= 11 is 1.14. The van der Waals surface area contributed by atoms with Gasteiger partial charge in [-0.15, -0.1) is 11.3 Å². The summed E-state index contributed by atoms with van der Waals surface area (Å²) in [5.41, 5.74) is 0.828. The smallest absolute Gasteiger partial charge is 0.416 e. The number of thiazole rings is 1. The fraction of sp³-hybridized carbons (Fsp3) is 0.346. The van der Waals surface area contributed by atoms with Crippen LogP contribution in [0.25, 0.3) is 10.6 Å². The van der Waals surface area contributed by atoms with Gasteiger partial charge in [-0.05, 0) is 75.4 Å². The maximum Gasteiger partial charge on any atom is 0.416 e. The lowest BCUT2D eigenvalue weighted by atomic mass is 9.87. The van der Waals surface area contributed by atoms with Crippen LogP contribution >= 0.6 is 11.3 Å². The minimum atomic E-state index is -4.42. The molecule has 0 aliphatic heterocycles. The molecule has 2 aromatic carbocycles. The molecule has 36 heavy (non-hydrogen) atoms. The number of carbonyl (C=O) groups is 2. The number of carboxylic acids is 1. The minimum Gasteiger partial charge on any atom is -0.478 e. The standard InChI is InChI=1S/C26H25F3N2O4S/c1-14-21(36-23(30-14)15-7-9-17(10-8-15)26(27,28)29)22(32)31-20-6-4-5-16-13-18(11-12-19(16)20)35-25(2,3)24(33)34/h7-13,20H,4-6H2,1-3H3,(H,31,32)(H,33,34). The third-order valence-corrected chi connectivity index (χ3v) is 7.29. The van der Waals surface area contributed by atoms with Gasteiger partial charge in [-0.25, -0.2) is 9.78 Å². The summed E-state index contributed by atoms with van der Waals surface area (Å²) < 4.78 is 44.2. The highest BCUT2D eigenvalue weighted by molar-refractivity contribution is 7.17. The molecule has 1 heterocycles. The molecule has 10 heteroatoms. The highest BCUT2D eigenvalue weighted by Crippen LogP contribution is 2.35. The molecule has 1 aromatic heterocycles. The Morgan fingerprint density at radius 2 is 1.83 bits per heavy atom. The summed E-state index contributed by atoms with van der Waals surface area (Å²) in [6, 6.07) is 9.84. The van der Waals surface area contributed by atoms with Crippen LogP contribution in [-0.2, 0) is 17.4 Å². The number of nitrogens with zero attached hydrogens (tertiary/aromatic N) is 1. The van der Waals surface area contributed by atoms with E-state index in [1.54, 1.807) is 13.0 Å². The maximum absolute atomic E-state index is 13.1. The fourth-order valence-corrected chi connectivity index (χ4v) is 5.07. The zero-order chi connectivity index (χ0) is 26.3. The Balaban J connectivity index is 1.51. The molecule has 0 fully saturated rings. The number of rotatable bonds is 6. The summed E-state index contributed by atoms with van der Waals surface area (Å²) in [6.45, 7) is 4.66. The monoisotopic (exact) mass is 518 g/mol. The molecular weight excluding hydrogens is 493 g/mol. The second kappa shape index (κ2) is 9.57. The molecule has 4 rings (SSSR count). The van der Waals surface area contributed by atoms with Gasteiger partial charge in [0.25, 0.3) is 5.91 Å². The summed E-state index contributed by atoms with van der Waals surface area (Å²) in [5.74, 6) is -0.915. The molecule has 2 N–H and O–H groups in total. The Hall–Kier alpha value is -3.40. The lowest BCUT2D eigenvalue weighted by Crippen LogP contribution is -2.38. The van der Waals surface area contributed by atoms with E-state index >= 15 is 0 Å². The van der Waals surface area contributed by atoms with Crippen molar-refractivity contribution in [2.75, 3.05) is 0 Å². The summed E-state index contributed by atoms with van der Waals surface area (Å²) in [4.78, 5) is 29.3. The molecule has 1 aliphatic rings. The predicted octanol–water partition coefficient (Wildman–Crippen LogP) is 6.19. The average molecular weight is 519 g/mol. The van der Waals surface area contributed by atoms with Crippen LogP contribution in [0.4, 0.5) is 13.2 Å². The van der Waals surface area contributed by atoms with E-state index in [1.807, 2.05) is 12.1 Å².